The van der Waals surface area contributed by atoms with Crippen LogP contribution in [0.3, 0.4) is 0 Å². The highest BCUT2D eigenvalue weighted by molar-refractivity contribution is 9.10. The van der Waals surface area contributed by atoms with Crippen LogP contribution >= 0.6 is 15.9 Å². The predicted octanol–water partition coefficient (Wildman–Crippen LogP) is 3.30. The molecule has 3 amide bonds. The number of rotatable bonds is 6. The first-order valence-electron chi connectivity index (χ1n) is 9.34. The topological polar surface area (TPSA) is 79.0 Å². The summed E-state index contributed by atoms with van der Waals surface area (Å²) in [6.07, 6.45) is 0. The number of nitrogens with one attached hydrogen (secondary N) is 1. The van der Waals surface area contributed by atoms with E-state index in [4.69, 9.17) is 4.74 Å². The summed E-state index contributed by atoms with van der Waals surface area (Å²) < 4.78 is 6.37. The Balaban J connectivity index is 1.82. The van der Waals surface area contributed by atoms with E-state index in [2.05, 4.69) is 21.2 Å². The standard InChI is InChI=1S/C21H22BrN3O4/c1-3-24(4-2)19(26)12-25-17-11-16(9-10-18(17)29-13-20(25)27)23-21(28)14-5-7-15(22)8-6-14/h5-11H,3-4,12-13H2,1-2H3,(H,23,28). The maximum absolute atomic E-state index is 12.5. The molecule has 1 heterocycles. The molecule has 1 N–H and O–H groups in total. The summed E-state index contributed by atoms with van der Waals surface area (Å²) in [6.45, 7) is 4.75. The first-order valence-corrected chi connectivity index (χ1v) is 10.1. The molecule has 3 rings (SSSR count). The Bertz CT molecular complexity index is 926. The van der Waals surface area contributed by atoms with Crippen LogP contribution in [0.1, 0.15) is 24.2 Å². The Hall–Kier alpha value is -2.87. The van der Waals surface area contributed by atoms with Crippen molar-refractivity contribution in [1.82, 2.24) is 4.90 Å². The molecule has 8 heteroatoms. The number of halogens is 1. The zero-order chi connectivity index (χ0) is 21.0. The van der Waals surface area contributed by atoms with Gasteiger partial charge in [-0.25, -0.2) is 0 Å². The van der Waals surface area contributed by atoms with Crippen molar-refractivity contribution >= 4 is 45.0 Å². The van der Waals surface area contributed by atoms with Crippen LogP contribution < -0.4 is 15.0 Å². The fourth-order valence-corrected chi connectivity index (χ4v) is 3.33. The minimum absolute atomic E-state index is 0.0685. The summed E-state index contributed by atoms with van der Waals surface area (Å²) in [6, 6.07) is 12.0. The second-order valence-electron chi connectivity index (χ2n) is 6.48. The molecule has 29 heavy (non-hydrogen) atoms. The van der Waals surface area contributed by atoms with Gasteiger partial charge in [-0.05, 0) is 56.3 Å². The number of hydrogen-bond donors (Lipinski definition) is 1. The third-order valence-corrected chi connectivity index (χ3v) is 5.20. The van der Waals surface area contributed by atoms with E-state index in [-0.39, 0.29) is 30.9 Å². The van der Waals surface area contributed by atoms with Crippen molar-refractivity contribution in [2.45, 2.75) is 13.8 Å². The van der Waals surface area contributed by atoms with Crippen molar-refractivity contribution in [1.29, 1.82) is 0 Å². The molecule has 0 aliphatic carbocycles. The summed E-state index contributed by atoms with van der Waals surface area (Å²) in [5, 5.41) is 2.82. The first-order chi connectivity index (χ1) is 13.9. The molecule has 0 spiro atoms. The van der Waals surface area contributed by atoms with Gasteiger partial charge < -0.3 is 15.0 Å². The van der Waals surface area contributed by atoms with E-state index < -0.39 is 0 Å². The predicted molar refractivity (Wildman–Crippen MR) is 114 cm³/mol. The number of ether oxygens (including phenoxy) is 1. The first kappa shape index (κ1) is 20.9. The Labute approximate surface area is 177 Å². The molecule has 152 valence electrons. The highest BCUT2D eigenvalue weighted by Crippen LogP contribution is 2.34. The number of carbonyl (C=O) groups is 3. The van der Waals surface area contributed by atoms with Crippen molar-refractivity contribution in [3.05, 3.63) is 52.5 Å². The highest BCUT2D eigenvalue weighted by atomic mass is 79.9. The van der Waals surface area contributed by atoms with Crippen LogP contribution in [0.2, 0.25) is 0 Å². The minimum Gasteiger partial charge on any atom is -0.482 e. The van der Waals surface area contributed by atoms with Gasteiger partial charge in [-0.3, -0.25) is 19.3 Å². The van der Waals surface area contributed by atoms with Crippen molar-refractivity contribution in [3.8, 4) is 5.75 Å². The Morgan fingerprint density at radius 3 is 2.48 bits per heavy atom. The summed E-state index contributed by atoms with van der Waals surface area (Å²) in [5.74, 6) is -0.209. The summed E-state index contributed by atoms with van der Waals surface area (Å²) in [7, 11) is 0. The molecule has 0 unspecified atom stereocenters. The second kappa shape index (κ2) is 9.09. The number of likely N-dealkylation sites (N-methyl/N-ethyl adjacent to an activating group) is 1. The number of carbonyl (C=O) groups excluding carboxylic acids is 3. The average Bonchev–Trinajstić information content (AvgIpc) is 2.71. The zero-order valence-corrected chi connectivity index (χ0v) is 17.9. The maximum atomic E-state index is 12.5. The molecule has 2 aromatic carbocycles. The van der Waals surface area contributed by atoms with Crippen LogP contribution in [-0.4, -0.2) is 48.9 Å². The quantitative estimate of drug-likeness (QED) is 0.718. The van der Waals surface area contributed by atoms with Gasteiger partial charge >= 0.3 is 0 Å². The molecule has 0 fully saturated rings. The molecule has 1 aliphatic heterocycles. The molecule has 0 atom stereocenters. The molecule has 2 aromatic rings. The fourth-order valence-electron chi connectivity index (χ4n) is 3.07. The van der Waals surface area contributed by atoms with Crippen LogP contribution in [0.4, 0.5) is 11.4 Å². The Morgan fingerprint density at radius 1 is 1.14 bits per heavy atom. The van der Waals surface area contributed by atoms with Gasteiger partial charge in [0.15, 0.2) is 6.61 Å². The third kappa shape index (κ3) is 4.76. The number of anilines is 2. The van der Waals surface area contributed by atoms with Gasteiger partial charge in [0.2, 0.25) is 5.91 Å². The van der Waals surface area contributed by atoms with Crippen LogP contribution in [0.15, 0.2) is 46.9 Å². The SMILES string of the molecule is CCN(CC)C(=O)CN1C(=O)COc2ccc(NC(=O)c3ccc(Br)cc3)cc21. The minimum atomic E-state index is -0.297. The van der Waals surface area contributed by atoms with Crippen LogP contribution in [0, 0.1) is 0 Å². The molecule has 0 saturated heterocycles. The van der Waals surface area contributed by atoms with Gasteiger partial charge in [0.25, 0.3) is 11.8 Å². The summed E-state index contributed by atoms with van der Waals surface area (Å²) in [4.78, 5) is 40.5. The maximum Gasteiger partial charge on any atom is 0.265 e. The number of hydrogen-bond acceptors (Lipinski definition) is 4. The Morgan fingerprint density at radius 2 is 1.83 bits per heavy atom. The molecule has 0 bridgehead atoms. The van der Waals surface area contributed by atoms with Gasteiger partial charge in [0.1, 0.15) is 12.3 Å². The van der Waals surface area contributed by atoms with Gasteiger partial charge in [0, 0.05) is 28.8 Å². The van der Waals surface area contributed by atoms with Gasteiger partial charge in [-0.2, -0.15) is 0 Å². The lowest BCUT2D eigenvalue weighted by molar-refractivity contribution is -0.131. The average molecular weight is 460 g/mol. The zero-order valence-electron chi connectivity index (χ0n) is 16.3. The summed E-state index contributed by atoms with van der Waals surface area (Å²) in [5.41, 5.74) is 1.48. The molecule has 0 radical (unpaired) electrons. The van der Waals surface area contributed by atoms with Gasteiger partial charge in [-0.1, -0.05) is 15.9 Å². The van der Waals surface area contributed by atoms with Crippen LogP contribution in [-0.2, 0) is 9.59 Å². The van der Waals surface area contributed by atoms with Crippen molar-refractivity contribution in [2.24, 2.45) is 0 Å². The van der Waals surface area contributed by atoms with E-state index in [9.17, 15) is 14.4 Å². The largest absolute Gasteiger partial charge is 0.482 e. The second-order valence-corrected chi connectivity index (χ2v) is 7.39. The monoisotopic (exact) mass is 459 g/mol. The molecule has 0 aromatic heterocycles. The Kier molecular flexibility index (Phi) is 6.53. The van der Waals surface area contributed by atoms with Crippen LogP contribution in [0.25, 0.3) is 0 Å². The molecule has 0 saturated carbocycles. The van der Waals surface area contributed by atoms with Gasteiger partial charge in [0.05, 0.1) is 5.69 Å². The van der Waals surface area contributed by atoms with E-state index in [1.807, 2.05) is 13.8 Å². The lowest BCUT2D eigenvalue weighted by Gasteiger charge is -2.31. The lowest BCUT2D eigenvalue weighted by Crippen LogP contribution is -2.46. The number of fused-ring (bicyclic) bond motifs is 1. The highest BCUT2D eigenvalue weighted by Gasteiger charge is 2.29. The van der Waals surface area contributed by atoms with Crippen molar-refractivity contribution < 1.29 is 19.1 Å². The molecule has 1 aliphatic rings. The lowest BCUT2D eigenvalue weighted by atomic mass is 10.1. The van der Waals surface area contributed by atoms with E-state index in [1.54, 1.807) is 47.4 Å². The van der Waals surface area contributed by atoms with Crippen molar-refractivity contribution in [3.63, 3.8) is 0 Å². The van der Waals surface area contributed by atoms with Crippen LogP contribution in [0.5, 0.6) is 5.75 Å². The number of benzene rings is 2. The van der Waals surface area contributed by atoms with Gasteiger partial charge in [-0.15, -0.1) is 0 Å². The smallest absolute Gasteiger partial charge is 0.265 e. The fraction of sp³-hybridized carbons (Fsp3) is 0.286. The van der Waals surface area contributed by atoms with E-state index in [0.717, 1.165) is 4.47 Å². The normalized spacial score (nSPS) is 12.8. The molecular formula is C21H22BrN3O4. The molecular weight excluding hydrogens is 438 g/mol. The van der Waals surface area contributed by atoms with E-state index in [1.165, 1.54) is 4.90 Å². The number of nitrogens with zero attached hydrogens (tertiary/aromatic N) is 2. The third-order valence-electron chi connectivity index (χ3n) is 4.68. The number of amides is 3. The summed E-state index contributed by atoms with van der Waals surface area (Å²) >= 11 is 3.34. The van der Waals surface area contributed by atoms with Crippen molar-refractivity contribution in [2.75, 3.05) is 36.5 Å². The molecule has 7 nitrogen and oxygen atoms in total. The van der Waals surface area contributed by atoms with E-state index >= 15 is 0 Å². The van der Waals surface area contributed by atoms with E-state index in [0.29, 0.717) is 35.8 Å².